The third-order valence-electron chi connectivity index (χ3n) is 2.57. The third kappa shape index (κ3) is 4.07. The summed E-state index contributed by atoms with van der Waals surface area (Å²) >= 11 is 3.23. The molecule has 1 amide bonds. The van der Waals surface area contributed by atoms with Gasteiger partial charge in [-0.15, -0.1) is 11.8 Å². The van der Waals surface area contributed by atoms with E-state index in [1.54, 1.807) is 23.5 Å². The van der Waals surface area contributed by atoms with E-state index in [-0.39, 0.29) is 16.8 Å². The van der Waals surface area contributed by atoms with Gasteiger partial charge in [0.15, 0.2) is 0 Å². The minimum absolute atomic E-state index is 0.187. The smallest absolute Gasteiger partial charge is 0.325 e. The standard InChI is InChI=1S/C12H12F3NOS2/c13-12(14,15)8-2-1-3-9(6-8)16-11(17)10-7-18-4-5-19-10/h1-3,6,10H,4-5,7H2,(H,16,17). The Morgan fingerprint density at radius 2 is 2.11 bits per heavy atom. The number of hydrogen-bond acceptors (Lipinski definition) is 3. The summed E-state index contributed by atoms with van der Waals surface area (Å²) in [6.45, 7) is 0. The highest BCUT2D eigenvalue weighted by Crippen LogP contribution is 2.31. The molecular weight excluding hydrogens is 295 g/mol. The Hall–Kier alpha value is -0.820. The number of benzene rings is 1. The highest BCUT2D eigenvalue weighted by atomic mass is 32.2. The highest BCUT2D eigenvalue weighted by molar-refractivity contribution is 8.07. The monoisotopic (exact) mass is 307 g/mol. The van der Waals surface area contributed by atoms with Crippen molar-refractivity contribution in [3.05, 3.63) is 29.8 Å². The molecule has 1 N–H and O–H groups in total. The molecule has 2 rings (SSSR count). The Bertz CT molecular complexity index is 459. The van der Waals surface area contributed by atoms with Crippen LogP contribution in [-0.4, -0.2) is 28.4 Å². The molecule has 2 nitrogen and oxygen atoms in total. The summed E-state index contributed by atoms with van der Waals surface area (Å²) in [5, 5.41) is 2.36. The first-order valence-electron chi connectivity index (χ1n) is 5.64. The van der Waals surface area contributed by atoms with Gasteiger partial charge in [-0.05, 0) is 18.2 Å². The molecule has 1 aromatic rings. The number of carbonyl (C=O) groups excluding carboxylic acids is 1. The number of hydrogen-bond donors (Lipinski definition) is 1. The number of anilines is 1. The molecule has 1 heterocycles. The van der Waals surface area contributed by atoms with E-state index in [9.17, 15) is 18.0 Å². The van der Waals surface area contributed by atoms with Gasteiger partial charge in [0.2, 0.25) is 5.91 Å². The van der Waals surface area contributed by atoms with Crippen molar-refractivity contribution in [3.8, 4) is 0 Å². The summed E-state index contributed by atoms with van der Waals surface area (Å²) in [5.41, 5.74) is -0.563. The maximum Gasteiger partial charge on any atom is 0.416 e. The average molecular weight is 307 g/mol. The number of amides is 1. The van der Waals surface area contributed by atoms with E-state index in [4.69, 9.17) is 0 Å². The zero-order chi connectivity index (χ0) is 13.9. The molecule has 1 unspecified atom stereocenters. The number of nitrogens with one attached hydrogen (secondary N) is 1. The van der Waals surface area contributed by atoms with Crippen molar-refractivity contribution in [3.63, 3.8) is 0 Å². The fourth-order valence-electron chi connectivity index (χ4n) is 1.64. The molecule has 0 aromatic heterocycles. The summed E-state index contributed by atoms with van der Waals surface area (Å²) in [4.78, 5) is 11.9. The van der Waals surface area contributed by atoms with Crippen molar-refractivity contribution in [1.29, 1.82) is 0 Å². The Kier molecular flexibility index (Phi) is 4.67. The van der Waals surface area contributed by atoms with Crippen LogP contribution in [0.2, 0.25) is 0 Å². The normalized spacial score (nSPS) is 20.1. The number of rotatable bonds is 2. The maximum atomic E-state index is 12.5. The van der Waals surface area contributed by atoms with Crippen LogP contribution in [0, 0.1) is 0 Å². The van der Waals surface area contributed by atoms with Gasteiger partial charge in [0.05, 0.1) is 10.8 Å². The summed E-state index contributed by atoms with van der Waals surface area (Å²) in [6.07, 6.45) is -4.39. The van der Waals surface area contributed by atoms with Crippen LogP contribution >= 0.6 is 23.5 Å². The molecule has 0 aliphatic carbocycles. The molecule has 1 aromatic carbocycles. The van der Waals surface area contributed by atoms with E-state index in [1.807, 2.05) is 0 Å². The Labute approximate surface area is 117 Å². The first-order valence-corrected chi connectivity index (χ1v) is 7.84. The van der Waals surface area contributed by atoms with Crippen molar-refractivity contribution in [2.45, 2.75) is 11.4 Å². The van der Waals surface area contributed by atoms with Gasteiger partial charge in [-0.25, -0.2) is 0 Å². The summed E-state index contributed by atoms with van der Waals surface area (Å²) < 4.78 is 37.6. The molecule has 104 valence electrons. The van der Waals surface area contributed by atoms with Crippen LogP contribution in [0.3, 0.4) is 0 Å². The topological polar surface area (TPSA) is 29.1 Å². The highest BCUT2D eigenvalue weighted by Gasteiger charge is 2.30. The predicted molar refractivity (Wildman–Crippen MR) is 73.6 cm³/mol. The van der Waals surface area contributed by atoms with Crippen LogP contribution in [0.4, 0.5) is 18.9 Å². The lowest BCUT2D eigenvalue weighted by atomic mass is 10.2. The second kappa shape index (κ2) is 6.09. The molecule has 0 radical (unpaired) electrons. The number of thioether (sulfide) groups is 2. The van der Waals surface area contributed by atoms with E-state index in [1.165, 1.54) is 12.1 Å². The fraction of sp³-hybridized carbons (Fsp3) is 0.417. The molecule has 0 spiro atoms. The van der Waals surface area contributed by atoms with Gasteiger partial charge in [0.25, 0.3) is 0 Å². The molecular formula is C12H12F3NOS2. The van der Waals surface area contributed by atoms with Crippen molar-refractivity contribution in [2.75, 3.05) is 22.6 Å². The van der Waals surface area contributed by atoms with Gasteiger partial charge in [-0.1, -0.05) is 6.07 Å². The number of alkyl halides is 3. The van der Waals surface area contributed by atoms with Crippen LogP contribution in [0.5, 0.6) is 0 Å². The van der Waals surface area contributed by atoms with Crippen LogP contribution in [-0.2, 0) is 11.0 Å². The first-order chi connectivity index (χ1) is 8.97. The summed E-state index contributed by atoms with van der Waals surface area (Å²) in [5.74, 6) is 2.38. The van der Waals surface area contributed by atoms with Crippen LogP contribution in [0.1, 0.15) is 5.56 Å². The van der Waals surface area contributed by atoms with E-state index in [2.05, 4.69) is 5.32 Å². The van der Waals surface area contributed by atoms with Gasteiger partial charge in [-0.3, -0.25) is 4.79 Å². The van der Waals surface area contributed by atoms with Crippen molar-refractivity contribution in [1.82, 2.24) is 0 Å². The largest absolute Gasteiger partial charge is 0.416 e. The Morgan fingerprint density at radius 3 is 2.74 bits per heavy atom. The van der Waals surface area contributed by atoms with Crippen molar-refractivity contribution >= 4 is 35.1 Å². The van der Waals surface area contributed by atoms with Gasteiger partial charge in [0.1, 0.15) is 0 Å². The van der Waals surface area contributed by atoms with Gasteiger partial charge in [0, 0.05) is 22.9 Å². The molecule has 7 heteroatoms. The zero-order valence-corrected chi connectivity index (χ0v) is 11.5. The van der Waals surface area contributed by atoms with Crippen LogP contribution in [0.15, 0.2) is 24.3 Å². The quantitative estimate of drug-likeness (QED) is 0.907. The fourth-order valence-corrected chi connectivity index (χ4v) is 4.19. The van der Waals surface area contributed by atoms with E-state index in [0.717, 1.165) is 23.6 Å². The second-order valence-corrected chi connectivity index (χ2v) is 6.46. The summed E-state index contributed by atoms with van der Waals surface area (Å²) in [7, 11) is 0. The van der Waals surface area contributed by atoms with Crippen molar-refractivity contribution < 1.29 is 18.0 Å². The summed E-state index contributed by atoms with van der Waals surface area (Å²) in [6, 6.07) is 4.70. The van der Waals surface area contributed by atoms with Crippen LogP contribution < -0.4 is 5.32 Å². The lowest BCUT2D eigenvalue weighted by Crippen LogP contribution is -2.30. The van der Waals surface area contributed by atoms with E-state index >= 15 is 0 Å². The Morgan fingerprint density at radius 1 is 1.32 bits per heavy atom. The van der Waals surface area contributed by atoms with Gasteiger partial charge >= 0.3 is 6.18 Å². The van der Waals surface area contributed by atoms with Crippen molar-refractivity contribution in [2.24, 2.45) is 0 Å². The van der Waals surface area contributed by atoms with E-state index in [0.29, 0.717) is 5.75 Å². The lowest BCUT2D eigenvalue weighted by molar-refractivity contribution is -0.137. The van der Waals surface area contributed by atoms with Gasteiger partial charge < -0.3 is 5.32 Å². The van der Waals surface area contributed by atoms with Crippen LogP contribution in [0.25, 0.3) is 0 Å². The molecule has 0 saturated carbocycles. The molecule has 1 saturated heterocycles. The number of halogens is 3. The minimum Gasteiger partial charge on any atom is -0.325 e. The maximum absolute atomic E-state index is 12.5. The number of carbonyl (C=O) groups is 1. The molecule has 19 heavy (non-hydrogen) atoms. The molecule has 1 aliphatic heterocycles. The molecule has 0 bridgehead atoms. The molecule has 1 atom stereocenters. The first kappa shape index (κ1) is 14.6. The van der Waals surface area contributed by atoms with E-state index < -0.39 is 11.7 Å². The third-order valence-corrected chi connectivity index (χ3v) is 5.32. The minimum atomic E-state index is -4.39. The molecule has 1 aliphatic rings. The zero-order valence-electron chi connectivity index (χ0n) is 9.87. The predicted octanol–water partition coefficient (Wildman–Crippen LogP) is 3.49. The van der Waals surface area contributed by atoms with Gasteiger partial charge in [-0.2, -0.15) is 24.9 Å². The Balaban J connectivity index is 2.04. The molecule has 1 fully saturated rings. The second-order valence-electron chi connectivity index (χ2n) is 4.00. The SMILES string of the molecule is O=C(Nc1cccc(C(F)(F)F)c1)C1CSCCS1. The average Bonchev–Trinajstić information content (AvgIpc) is 2.39. The lowest BCUT2D eigenvalue weighted by Gasteiger charge is -2.20.